The number of pyridine rings is 1. The zero-order valence-electron chi connectivity index (χ0n) is 18.4. The molecular formula is C24H21N5O4. The van der Waals surface area contributed by atoms with Crippen LogP contribution in [0.15, 0.2) is 30.3 Å². The van der Waals surface area contributed by atoms with Gasteiger partial charge in [0.15, 0.2) is 5.69 Å². The van der Waals surface area contributed by atoms with Crippen molar-refractivity contribution < 1.29 is 19.4 Å². The molecule has 1 aliphatic heterocycles. The van der Waals surface area contributed by atoms with E-state index in [0.29, 0.717) is 40.8 Å². The third kappa shape index (κ3) is 3.79. The molecule has 0 bridgehead atoms. The summed E-state index contributed by atoms with van der Waals surface area (Å²) < 4.78 is 6.44. The third-order valence-electron chi connectivity index (χ3n) is 5.58. The van der Waals surface area contributed by atoms with Crippen LogP contribution >= 0.6 is 0 Å². The third-order valence-corrected chi connectivity index (χ3v) is 5.58. The van der Waals surface area contributed by atoms with Gasteiger partial charge >= 0.3 is 5.97 Å². The maximum absolute atomic E-state index is 12.4. The van der Waals surface area contributed by atoms with Gasteiger partial charge in [-0.2, -0.15) is 10.4 Å². The minimum Gasteiger partial charge on any atom is -0.464 e. The monoisotopic (exact) mass is 443 g/mol. The van der Waals surface area contributed by atoms with E-state index in [-0.39, 0.29) is 17.8 Å². The predicted molar refractivity (Wildman–Crippen MR) is 118 cm³/mol. The van der Waals surface area contributed by atoms with E-state index in [1.54, 1.807) is 37.4 Å². The molecule has 3 aromatic rings. The fourth-order valence-corrected chi connectivity index (χ4v) is 3.82. The van der Waals surface area contributed by atoms with Crippen LogP contribution in [0, 0.1) is 23.2 Å². The highest BCUT2D eigenvalue weighted by atomic mass is 16.5. The summed E-state index contributed by atoms with van der Waals surface area (Å²) in [5.74, 6) is 4.54. The van der Waals surface area contributed by atoms with Gasteiger partial charge in [0.25, 0.3) is 5.91 Å². The van der Waals surface area contributed by atoms with Crippen LogP contribution < -0.4 is 0 Å². The molecule has 0 spiro atoms. The van der Waals surface area contributed by atoms with E-state index in [4.69, 9.17) is 4.74 Å². The number of methoxy groups -OCH3 is 1. The minimum atomic E-state index is -1.70. The molecule has 4 rings (SSSR count). The average Bonchev–Trinajstić information content (AvgIpc) is 3.35. The molecule has 1 atom stereocenters. The van der Waals surface area contributed by atoms with Crippen LogP contribution in [-0.4, -0.2) is 63.0 Å². The fourth-order valence-electron chi connectivity index (χ4n) is 3.82. The van der Waals surface area contributed by atoms with Crippen molar-refractivity contribution in [1.29, 1.82) is 5.26 Å². The van der Waals surface area contributed by atoms with Crippen molar-refractivity contribution in [2.75, 3.05) is 20.7 Å². The van der Waals surface area contributed by atoms with Gasteiger partial charge in [-0.25, -0.2) is 14.5 Å². The number of nitrogens with zero attached hydrogens (tertiary/aromatic N) is 5. The largest absolute Gasteiger partial charge is 0.464 e. The Kier molecular flexibility index (Phi) is 5.59. The number of carbonyl (C=O) groups excluding carboxylic acids is 2. The van der Waals surface area contributed by atoms with Crippen molar-refractivity contribution in [3.8, 4) is 23.6 Å². The number of aromatic nitrogens is 3. The maximum atomic E-state index is 12.4. The number of benzene rings is 1. The van der Waals surface area contributed by atoms with Crippen LogP contribution in [0.4, 0.5) is 0 Å². The highest BCUT2D eigenvalue weighted by Crippen LogP contribution is 2.27. The molecule has 9 nitrogen and oxygen atoms in total. The Morgan fingerprint density at radius 1 is 1.36 bits per heavy atom. The van der Waals surface area contributed by atoms with Crippen molar-refractivity contribution in [3.05, 3.63) is 53.0 Å². The highest BCUT2D eigenvalue weighted by Gasteiger charge is 2.42. The summed E-state index contributed by atoms with van der Waals surface area (Å²) in [6, 6.07) is 10.6. The first-order chi connectivity index (χ1) is 15.8. The number of esters is 1. The molecular weight excluding hydrogens is 422 g/mol. The van der Waals surface area contributed by atoms with Crippen molar-refractivity contribution in [2.24, 2.45) is 0 Å². The smallest absolute Gasteiger partial charge is 0.359 e. The topological polar surface area (TPSA) is 121 Å². The first-order valence-corrected chi connectivity index (χ1v) is 10.3. The van der Waals surface area contributed by atoms with Gasteiger partial charge in [0.05, 0.1) is 29.4 Å². The highest BCUT2D eigenvalue weighted by molar-refractivity contribution is 6.03. The standard InChI is InChI=1S/C24H21N5O4/c1-4-18-20-19(13-16(14-25)26-18)29(27-21(20)22(30)33-3)17-7-5-6-15(12-17)8-9-24(32)10-11-28(2)23(24)31/h5-7,12-13,32H,4,10-11H2,1-3H3/t24-/m0/s1. The fraction of sp³-hybridized carbons (Fsp3) is 0.292. The molecule has 2 aromatic heterocycles. The van der Waals surface area contributed by atoms with Crippen LogP contribution in [0.5, 0.6) is 0 Å². The zero-order chi connectivity index (χ0) is 23.8. The number of amides is 1. The van der Waals surface area contributed by atoms with E-state index >= 15 is 0 Å². The van der Waals surface area contributed by atoms with Crippen molar-refractivity contribution in [1.82, 2.24) is 19.7 Å². The Morgan fingerprint density at radius 3 is 2.79 bits per heavy atom. The molecule has 1 saturated heterocycles. The number of rotatable bonds is 3. The van der Waals surface area contributed by atoms with Gasteiger partial charge in [-0.15, -0.1) is 0 Å². The van der Waals surface area contributed by atoms with Gasteiger partial charge in [0.1, 0.15) is 11.8 Å². The first-order valence-electron chi connectivity index (χ1n) is 10.3. The lowest BCUT2D eigenvalue weighted by atomic mass is 10.0. The Hall–Kier alpha value is -4.21. The van der Waals surface area contributed by atoms with Crippen LogP contribution in [0.3, 0.4) is 0 Å². The maximum Gasteiger partial charge on any atom is 0.359 e. The van der Waals surface area contributed by atoms with Crippen LogP contribution in [0.1, 0.15) is 40.8 Å². The molecule has 0 radical (unpaired) electrons. The Morgan fingerprint density at radius 2 is 2.15 bits per heavy atom. The number of nitriles is 1. The lowest BCUT2D eigenvalue weighted by Gasteiger charge is -2.13. The predicted octanol–water partition coefficient (Wildman–Crippen LogP) is 1.59. The van der Waals surface area contributed by atoms with Crippen molar-refractivity contribution >= 4 is 22.8 Å². The zero-order valence-corrected chi connectivity index (χ0v) is 18.4. The second kappa shape index (κ2) is 8.38. The summed E-state index contributed by atoms with van der Waals surface area (Å²) in [5, 5.41) is 25.0. The van der Waals surface area contributed by atoms with Crippen LogP contribution in [0.2, 0.25) is 0 Å². The van der Waals surface area contributed by atoms with Gasteiger partial charge in [0, 0.05) is 31.6 Å². The van der Waals surface area contributed by atoms with E-state index in [0.717, 1.165) is 0 Å². The van der Waals surface area contributed by atoms with E-state index in [2.05, 4.69) is 21.9 Å². The summed E-state index contributed by atoms with van der Waals surface area (Å²) in [6.07, 6.45) is 0.735. The van der Waals surface area contributed by atoms with Gasteiger partial charge in [-0.05, 0) is 24.6 Å². The molecule has 1 fully saturated rings. The lowest BCUT2D eigenvalue weighted by molar-refractivity contribution is -0.137. The molecule has 33 heavy (non-hydrogen) atoms. The van der Waals surface area contributed by atoms with Gasteiger partial charge in [0.2, 0.25) is 5.60 Å². The van der Waals surface area contributed by atoms with Crippen molar-refractivity contribution in [3.63, 3.8) is 0 Å². The number of hydrogen-bond donors (Lipinski definition) is 1. The Bertz CT molecular complexity index is 1390. The quantitative estimate of drug-likeness (QED) is 0.482. The summed E-state index contributed by atoms with van der Waals surface area (Å²) >= 11 is 0. The number of aliphatic hydroxyl groups is 1. The molecule has 0 unspecified atom stereocenters. The minimum absolute atomic E-state index is 0.103. The molecule has 1 N–H and O–H groups in total. The molecule has 0 saturated carbocycles. The van der Waals surface area contributed by atoms with Crippen molar-refractivity contribution in [2.45, 2.75) is 25.4 Å². The van der Waals surface area contributed by atoms with E-state index in [1.165, 1.54) is 16.7 Å². The molecule has 3 heterocycles. The number of likely N-dealkylation sites (tertiary alicyclic amines) is 1. The Labute approximate surface area is 190 Å². The molecule has 1 amide bonds. The van der Waals surface area contributed by atoms with Gasteiger partial charge in [-0.1, -0.05) is 24.8 Å². The van der Waals surface area contributed by atoms with Crippen LogP contribution in [-0.2, 0) is 16.0 Å². The number of fused-ring (bicyclic) bond motifs is 1. The van der Waals surface area contributed by atoms with E-state index < -0.39 is 17.5 Å². The molecule has 0 aliphatic carbocycles. The lowest BCUT2D eigenvalue weighted by Crippen LogP contribution is -2.37. The number of aryl methyl sites for hydroxylation is 1. The number of likely N-dealkylation sites (N-methyl/N-ethyl adjacent to an activating group) is 1. The van der Waals surface area contributed by atoms with Gasteiger partial charge < -0.3 is 14.7 Å². The second-order valence-electron chi connectivity index (χ2n) is 7.70. The first kappa shape index (κ1) is 22.0. The number of carbonyl (C=O) groups is 2. The van der Waals surface area contributed by atoms with E-state index in [1.807, 2.05) is 13.0 Å². The number of hydrogen-bond acceptors (Lipinski definition) is 7. The van der Waals surface area contributed by atoms with Crippen LogP contribution in [0.25, 0.3) is 16.6 Å². The SMILES string of the molecule is CCc1nc(C#N)cc2c1c(C(=O)OC)nn2-c1cccc(C#C[C@]2(O)CCN(C)C2=O)c1. The van der Waals surface area contributed by atoms with Gasteiger partial charge in [-0.3, -0.25) is 4.79 Å². The second-order valence-corrected chi connectivity index (χ2v) is 7.70. The average molecular weight is 443 g/mol. The molecule has 1 aliphatic rings. The summed E-state index contributed by atoms with van der Waals surface area (Å²) in [6.45, 7) is 2.32. The molecule has 166 valence electrons. The normalized spacial score (nSPS) is 17.5. The number of ether oxygens (including phenoxy) is 1. The molecule has 9 heteroatoms. The summed E-state index contributed by atoms with van der Waals surface area (Å²) in [5.41, 5.74) is 0.848. The Balaban J connectivity index is 1.86. The van der Waals surface area contributed by atoms with E-state index in [9.17, 15) is 20.0 Å². The molecule has 1 aromatic carbocycles. The summed E-state index contributed by atoms with van der Waals surface area (Å²) in [7, 11) is 2.90. The summed E-state index contributed by atoms with van der Waals surface area (Å²) in [4.78, 5) is 30.4.